The number of hydrogen-bond donors (Lipinski definition) is 1. The van der Waals surface area contributed by atoms with E-state index in [1.165, 1.54) is 28.3 Å². The van der Waals surface area contributed by atoms with Crippen LogP contribution in [-0.4, -0.2) is 26.4 Å². The number of thiophene rings is 1. The van der Waals surface area contributed by atoms with Crippen molar-refractivity contribution in [2.75, 3.05) is 11.1 Å². The zero-order valence-corrected chi connectivity index (χ0v) is 18.6. The third-order valence-corrected chi connectivity index (χ3v) is 6.55. The van der Waals surface area contributed by atoms with Gasteiger partial charge in [-0.2, -0.15) is 0 Å². The molecule has 2 aromatic carbocycles. The van der Waals surface area contributed by atoms with Gasteiger partial charge in [0, 0.05) is 29.6 Å². The number of benzene rings is 2. The maximum atomic E-state index is 13.4. The summed E-state index contributed by atoms with van der Waals surface area (Å²) in [5, 5.41) is 13.9. The highest BCUT2D eigenvalue weighted by Gasteiger charge is 2.16. The molecule has 0 aliphatic rings. The monoisotopic (exact) mass is 470 g/mol. The van der Waals surface area contributed by atoms with E-state index < -0.39 is 11.6 Å². The maximum absolute atomic E-state index is 13.4. The highest BCUT2D eigenvalue weighted by Crippen LogP contribution is 2.22. The van der Waals surface area contributed by atoms with Crippen LogP contribution in [0.25, 0.3) is 0 Å². The summed E-state index contributed by atoms with van der Waals surface area (Å²) in [6.45, 7) is 0.685. The van der Waals surface area contributed by atoms with Crippen molar-refractivity contribution in [3.63, 3.8) is 0 Å². The molecule has 0 atom stereocenters. The fourth-order valence-corrected chi connectivity index (χ4v) is 4.62. The van der Waals surface area contributed by atoms with E-state index in [4.69, 9.17) is 0 Å². The number of nitrogens with zero attached hydrogens (tertiary/aromatic N) is 3. The number of thioether (sulfide) groups is 1. The summed E-state index contributed by atoms with van der Waals surface area (Å²) in [6.07, 6.45) is 1.48. The summed E-state index contributed by atoms with van der Waals surface area (Å²) < 4.78 is 28.5. The number of amides is 1. The number of carbonyl (C=O) groups is 1. The molecule has 0 aliphatic heterocycles. The number of anilines is 1. The molecule has 1 N–H and O–H groups in total. The average molecular weight is 471 g/mol. The van der Waals surface area contributed by atoms with Gasteiger partial charge in [-0.15, -0.1) is 21.5 Å². The van der Waals surface area contributed by atoms with E-state index in [9.17, 15) is 13.6 Å². The van der Waals surface area contributed by atoms with E-state index in [2.05, 4.69) is 33.7 Å². The van der Waals surface area contributed by atoms with Gasteiger partial charge in [0.2, 0.25) is 5.91 Å². The molecule has 0 aliphatic carbocycles. The van der Waals surface area contributed by atoms with Crippen molar-refractivity contribution >= 4 is 34.7 Å². The van der Waals surface area contributed by atoms with E-state index in [0.29, 0.717) is 18.1 Å². The topological polar surface area (TPSA) is 59.8 Å². The molecular weight excluding hydrogens is 450 g/mol. The molecule has 2 aromatic heterocycles. The Morgan fingerprint density at radius 1 is 1.03 bits per heavy atom. The first-order valence-corrected chi connectivity index (χ1v) is 11.8. The van der Waals surface area contributed by atoms with Crippen molar-refractivity contribution < 1.29 is 13.6 Å². The summed E-state index contributed by atoms with van der Waals surface area (Å²) in [4.78, 5) is 13.5. The number of nitrogens with one attached hydrogen (secondary N) is 1. The third kappa shape index (κ3) is 5.80. The minimum Gasteiger partial charge on any atom is -0.325 e. The second kappa shape index (κ2) is 10.5. The predicted octanol–water partition coefficient (Wildman–Crippen LogP) is 5.18. The Labute approximate surface area is 192 Å². The lowest BCUT2D eigenvalue weighted by Gasteiger charge is -2.10. The number of carbonyl (C=O) groups excluding carboxylic acids is 1. The Bertz CT molecular complexity index is 1180. The van der Waals surface area contributed by atoms with Gasteiger partial charge in [0.1, 0.15) is 5.82 Å². The lowest BCUT2D eigenvalue weighted by atomic mass is 10.1. The van der Waals surface area contributed by atoms with Gasteiger partial charge >= 0.3 is 0 Å². The Morgan fingerprint density at radius 3 is 2.62 bits per heavy atom. The van der Waals surface area contributed by atoms with E-state index >= 15 is 0 Å². The smallest absolute Gasteiger partial charge is 0.234 e. The number of aryl methyl sites for hydroxylation is 1. The van der Waals surface area contributed by atoms with Crippen LogP contribution in [0.15, 0.2) is 71.2 Å². The number of halogens is 2. The number of hydrogen-bond acceptors (Lipinski definition) is 5. The molecule has 0 radical (unpaired) electrons. The van der Waals surface area contributed by atoms with E-state index in [1.54, 1.807) is 11.3 Å². The lowest BCUT2D eigenvalue weighted by Crippen LogP contribution is -2.15. The molecule has 0 saturated carbocycles. The summed E-state index contributed by atoms with van der Waals surface area (Å²) in [7, 11) is 0. The normalized spacial score (nSPS) is 10.9. The predicted molar refractivity (Wildman–Crippen MR) is 123 cm³/mol. The molecule has 2 heterocycles. The van der Waals surface area contributed by atoms with Crippen molar-refractivity contribution in [2.45, 2.75) is 24.5 Å². The molecule has 5 nitrogen and oxygen atoms in total. The molecule has 0 bridgehead atoms. The number of rotatable bonds is 9. The summed E-state index contributed by atoms with van der Waals surface area (Å²) >= 11 is 2.93. The van der Waals surface area contributed by atoms with Gasteiger partial charge < -0.3 is 9.88 Å². The summed E-state index contributed by atoms with van der Waals surface area (Å²) in [5.41, 5.74) is 1.41. The van der Waals surface area contributed by atoms with Crippen LogP contribution in [0.1, 0.15) is 16.3 Å². The van der Waals surface area contributed by atoms with Gasteiger partial charge in [0.05, 0.1) is 5.75 Å². The Morgan fingerprint density at radius 2 is 1.88 bits per heavy atom. The van der Waals surface area contributed by atoms with E-state index in [1.807, 2.05) is 34.2 Å². The van der Waals surface area contributed by atoms with Crippen LogP contribution in [0.3, 0.4) is 0 Å². The highest BCUT2D eigenvalue weighted by atomic mass is 32.2. The van der Waals surface area contributed by atoms with Crippen LogP contribution in [0, 0.1) is 11.6 Å². The lowest BCUT2D eigenvalue weighted by molar-refractivity contribution is -0.113. The van der Waals surface area contributed by atoms with Gasteiger partial charge in [-0.3, -0.25) is 4.79 Å². The zero-order chi connectivity index (χ0) is 22.3. The molecule has 1 amide bonds. The zero-order valence-electron chi connectivity index (χ0n) is 17.0. The molecule has 164 valence electrons. The fourth-order valence-electron chi connectivity index (χ4n) is 3.14. The molecule has 9 heteroatoms. The molecular formula is C23H20F2N4OS2. The van der Waals surface area contributed by atoms with Crippen molar-refractivity contribution in [3.05, 3.63) is 93.9 Å². The van der Waals surface area contributed by atoms with E-state index in [-0.39, 0.29) is 17.3 Å². The summed E-state index contributed by atoms with van der Waals surface area (Å²) in [6, 6.07) is 17.5. The highest BCUT2D eigenvalue weighted by molar-refractivity contribution is 7.99. The third-order valence-electron chi connectivity index (χ3n) is 4.71. The second-order valence-electron chi connectivity index (χ2n) is 7.01. The second-order valence-corrected chi connectivity index (χ2v) is 8.98. The summed E-state index contributed by atoms with van der Waals surface area (Å²) in [5.74, 6) is -1.39. The quantitative estimate of drug-likeness (QED) is 0.343. The molecule has 4 rings (SSSR count). The van der Waals surface area contributed by atoms with Crippen LogP contribution in [-0.2, 0) is 24.2 Å². The van der Waals surface area contributed by atoms with Crippen molar-refractivity contribution in [1.82, 2.24) is 14.8 Å². The maximum Gasteiger partial charge on any atom is 0.234 e. The van der Waals surface area contributed by atoms with Gasteiger partial charge in [-0.05, 0) is 35.6 Å². The Balaban J connectivity index is 1.44. The van der Waals surface area contributed by atoms with Crippen LogP contribution in [0.2, 0.25) is 0 Å². The molecule has 0 saturated heterocycles. The van der Waals surface area contributed by atoms with Gasteiger partial charge in [-0.25, -0.2) is 8.78 Å². The first-order chi connectivity index (χ1) is 15.6. The minimum absolute atomic E-state index is 0.0709. The van der Waals surface area contributed by atoms with Gasteiger partial charge in [0.15, 0.2) is 16.8 Å². The number of aromatic nitrogens is 3. The van der Waals surface area contributed by atoms with Crippen LogP contribution < -0.4 is 5.32 Å². The van der Waals surface area contributed by atoms with Gasteiger partial charge in [0.25, 0.3) is 0 Å². The minimum atomic E-state index is -1.01. The first-order valence-electron chi connectivity index (χ1n) is 9.94. The van der Waals surface area contributed by atoms with Gasteiger partial charge in [-0.1, -0.05) is 48.2 Å². The SMILES string of the molecule is O=C(CSc1nnc(Cc2cccs2)n1CCc1ccccc1)Nc1ccc(F)c(F)c1. The average Bonchev–Trinajstić information content (AvgIpc) is 3.44. The molecule has 0 fully saturated rings. The standard InChI is InChI=1S/C23H20F2N4OS2/c24-19-9-8-17(13-20(19)25)26-22(30)15-32-23-28-27-21(14-18-7-4-12-31-18)29(23)11-10-16-5-2-1-3-6-16/h1-9,12-13H,10-11,14-15H2,(H,26,30). The molecule has 32 heavy (non-hydrogen) atoms. The fraction of sp³-hybridized carbons (Fsp3) is 0.174. The molecule has 4 aromatic rings. The first kappa shape index (κ1) is 22.2. The van der Waals surface area contributed by atoms with Crippen LogP contribution in [0.5, 0.6) is 0 Å². The Hall–Kier alpha value is -3.04. The molecule has 0 spiro atoms. The van der Waals surface area contributed by atoms with Crippen LogP contribution in [0.4, 0.5) is 14.5 Å². The van der Waals surface area contributed by atoms with Crippen molar-refractivity contribution in [2.24, 2.45) is 0 Å². The van der Waals surface area contributed by atoms with Crippen molar-refractivity contribution in [1.29, 1.82) is 0 Å². The van der Waals surface area contributed by atoms with Crippen LogP contribution >= 0.6 is 23.1 Å². The van der Waals surface area contributed by atoms with E-state index in [0.717, 1.165) is 24.4 Å². The van der Waals surface area contributed by atoms with Crippen molar-refractivity contribution in [3.8, 4) is 0 Å². The largest absolute Gasteiger partial charge is 0.325 e. The molecule has 0 unspecified atom stereocenters. The Kier molecular flexibility index (Phi) is 7.28.